The van der Waals surface area contributed by atoms with Crippen molar-refractivity contribution in [3.05, 3.63) is 47.8 Å². The molecule has 0 amide bonds. The van der Waals surface area contributed by atoms with E-state index in [9.17, 15) is 0 Å². The second kappa shape index (κ2) is 5.75. The molecule has 5 heteroatoms. The van der Waals surface area contributed by atoms with Gasteiger partial charge in [-0.15, -0.1) is 0 Å². The van der Waals surface area contributed by atoms with Crippen LogP contribution in [0.15, 0.2) is 30.9 Å². The van der Waals surface area contributed by atoms with Crippen LogP contribution in [0, 0.1) is 6.92 Å². The number of rotatable bonds is 5. The smallest absolute Gasteiger partial charge is 0.131 e. The molecule has 0 aliphatic rings. The Morgan fingerprint density at radius 2 is 2.28 bits per heavy atom. The van der Waals surface area contributed by atoms with Crippen molar-refractivity contribution in [1.29, 1.82) is 0 Å². The van der Waals surface area contributed by atoms with E-state index in [0.717, 1.165) is 29.9 Å². The van der Waals surface area contributed by atoms with Crippen LogP contribution in [-0.2, 0) is 6.54 Å². The summed E-state index contributed by atoms with van der Waals surface area (Å²) in [5.74, 6) is 6.60. The van der Waals surface area contributed by atoms with Gasteiger partial charge in [-0.25, -0.2) is 10.4 Å². The molecule has 0 radical (unpaired) electrons. The van der Waals surface area contributed by atoms with Crippen molar-refractivity contribution in [2.75, 3.05) is 0 Å². The molecule has 0 aliphatic carbocycles. The summed E-state index contributed by atoms with van der Waals surface area (Å²) in [6.45, 7) is 5.10. The Labute approximate surface area is 107 Å². The molecule has 1 atom stereocenters. The Balaban J connectivity index is 2.36. The summed E-state index contributed by atoms with van der Waals surface area (Å²) in [5, 5.41) is 0. The maximum Gasteiger partial charge on any atom is 0.131 e. The van der Waals surface area contributed by atoms with Crippen molar-refractivity contribution in [2.45, 2.75) is 32.9 Å². The largest absolute Gasteiger partial charge is 0.333 e. The van der Waals surface area contributed by atoms with Crippen molar-refractivity contribution in [1.82, 2.24) is 20.0 Å². The number of nitrogens with two attached hydrogens (primary N) is 1. The lowest BCUT2D eigenvalue weighted by molar-refractivity contribution is 0.544. The minimum atomic E-state index is -0.126. The molecule has 2 aromatic rings. The quantitative estimate of drug-likeness (QED) is 0.619. The molecular formula is C13H19N5. The summed E-state index contributed by atoms with van der Waals surface area (Å²) in [6.07, 6.45) is 8.50. The van der Waals surface area contributed by atoms with E-state index in [1.54, 1.807) is 6.20 Å². The number of imidazole rings is 1. The number of hydrazine groups is 1. The number of nitrogens with zero attached hydrogens (tertiary/aromatic N) is 3. The lowest BCUT2D eigenvalue weighted by Gasteiger charge is -2.17. The molecule has 96 valence electrons. The van der Waals surface area contributed by atoms with Crippen LogP contribution >= 0.6 is 0 Å². The van der Waals surface area contributed by atoms with Gasteiger partial charge in [0.2, 0.25) is 0 Å². The highest BCUT2D eigenvalue weighted by molar-refractivity contribution is 5.25. The lowest BCUT2D eigenvalue weighted by Crippen LogP contribution is -2.31. The Morgan fingerprint density at radius 3 is 2.94 bits per heavy atom. The maximum absolute atomic E-state index is 5.68. The topological polar surface area (TPSA) is 68.8 Å². The highest BCUT2D eigenvalue weighted by Crippen LogP contribution is 2.20. The molecule has 0 saturated carbocycles. The van der Waals surface area contributed by atoms with Crippen molar-refractivity contribution in [2.24, 2.45) is 5.84 Å². The predicted molar refractivity (Wildman–Crippen MR) is 70.7 cm³/mol. The third-order valence-electron chi connectivity index (χ3n) is 2.87. The molecule has 2 rings (SSSR count). The van der Waals surface area contributed by atoms with Crippen molar-refractivity contribution >= 4 is 0 Å². The van der Waals surface area contributed by atoms with E-state index in [-0.39, 0.29) is 6.04 Å². The van der Waals surface area contributed by atoms with Gasteiger partial charge in [0.05, 0.1) is 0 Å². The van der Waals surface area contributed by atoms with Gasteiger partial charge in [-0.05, 0) is 24.5 Å². The molecule has 1 unspecified atom stereocenters. The third-order valence-corrected chi connectivity index (χ3v) is 2.87. The first-order valence-corrected chi connectivity index (χ1v) is 6.15. The number of aromatic nitrogens is 3. The van der Waals surface area contributed by atoms with Crippen LogP contribution in [0.1, 0.15) is 36.3 Å². The van der Waals surface area contributed by atoms with Crippen LogP contribution in [0.5, 0.6) is 0 Å². The number of pyridine rings is 1. The number of nitrogens with one attached hydrogen (secondary N) is 1. The molecule has 3 N–H and O–H groups in total. The van der Waals surface area contributed by atoms with Crippen LogP contribution in [-0.4, -0.2) is 14.5 Å². The molecule has 0 bridgehead atoms. The van der Waals surface area contributed by atoms with Gasteiger partial charge in [0.1, 0.15) is 11.9 Å². The minimum absolute atomic E-state index is 0.126. The lowest BCUT2D eigenvalue weighted by atomic mass is 10.1. The van der Waals surface area contributed by atoms with E-state index in [1.165, 1.54) is 0 Å². The zero-order valence-electron chi connectivity index (χ0n) is 10.8. The monoisotopic (exact) mass is 245 g/mol. The van der Waals surface area contributed by atoms with E-state index >= 15 is 0 Å². The predicted octanol–water partition coefficient (Wildman–Crippen LogP) is 1.55. The van der Waals surface area contributed by atoms with Crippen LogP contribution in [0.2, 0.25) is 0 Å². The average Bonchev–Trinajstić information content (AvgIpc) is 2.79. The fraction of sp³-hybridized carbons (Fsp3) is 0.385. The zero-order valence-corrected chi connectivity index (χ0v) is 10.8. The van der Waals surface area contributed by atoms with Crippen molar-refractivity contribution in [3.63, 3.8) is 0 Å². The molecule has 2 aromatic heterocycles. The summed E-state index contributed by atoms with van der Waals surface area (Å²) in [5.41, 5.74) is 4.96. The Morgan fingerprint density at radius 1 is 1.44 bits per heavy atom. The van der Waals surface area contributed by atoms with Crippen LogP contribution < -0.4 is 11.3 Å². The fourth-order valence-corrected chi connectivity index (χ4v) is 2.07. The first kappa shape index (κ1) is 12.7. The molecule has 0 aromatic carbocycles. The van der Waals surface area contributed by atoms with Gasteiger partial charge < -0.3 is 4.57 Å². The van der Waals surface area contributed by atoms with Gasteiger partial charge in [0.15, 0.2) is 0 Å². The molecule has 2 heterocycles. The van der Waals surface area contributed by atoms with Crippen LogP contribution in [0.25, 0.3) is 0 Å². The molecule has 0 spiro atoms. The van der Waals surface area contributed by atoms with Crippen molar-refractivity contribution < 1.29 is 0 Å². The van der Waals surface area contributed by atoms with E-state index in [1.807, 2.05) is 25.5 Å². The summed E-state index contributed by atoms with van der Waals surface area (Å²) >= 11 is 0. The van der Waals surface area contributed by atoms with E-state index < -0.39 is 0 Å². The van der Waals surface area contributed by atoms with Gasteiger partial charge in [0, 0.05) is 31.3 Å². The van der Waals surface area contributed by atoms with Crippen LogP contribution in [0.3, 0.4) is 0 Å². The van der Waals surface area contributed by atoms with Gasteiger partial charge in [0.25, 0.3) is 0 Å². The second-order valence-corrected chi connectivity index (χ2v) is 4.37. The number of aryl methyl sites for hydroxylation is 2. The van der Waals surface area contributed by atoms with Crippen LogP contribution in [0.4, 0.5) is 0 Å². The van der Waals surface area contributed by atoms with E-state index in [4.69, 9.17) is 5.84 Å². The minimum Gasteiger partial charge on any atom is -0.333 e. The maximum atomic E-state index is 5.68. The van der Waals surface area contributed by atoms with Gasteiger partial charge in [-0.2, -0.15) is 0 Å². The van der Waals surface area contributed by atoms with E-state index in [0.29, 0.717) is 0 Å². The molecule has 0 fully saturated rings. The molecule has 18 heavy (non-hydrogen) atoms. The number of hydrogen-bond acceptors (Lipinski definition) is 4. The normalized spacial score (nSPS) is 12.6. The highest BCUT2D eigenvalue weighted by Gasteiger charge is 2.17. The third kappa shape index (κ3) is 2.57. The first-order chi connectivity index (χ1) is 8.76. The summed E-state index contributed by atoms with van der Waals surface area (Å²) in [6, 6.07) is 1.95. The fourth-order valence-electron chi connectivity index (χ4n) is 2.07. The summed E-state index contributed by atoms with van der Waals surface area (Å²) in [4.78, 5) is 8.61. The molecular weight excluding hydrogens is 226 g/mol. The molecule has 0 saturated heterocycles. The zero-order chi connectivity index (χ0) is 13.0. The Hall–Kier alpha value is -1.72. The molecule has 5 nitrogen and oxygen atoms in total. The second-order valence-electron chi connectivity index (χ2n) is 4.37. The van der Waals surface area contributed by atoms with Gasteiger partial charge >= 0.3 is 0 Å². The summed E-state index contributed by atoms with van der Waals surface area (Å²) < 4.78 is 2.12. The Kier molecular flexibility index (Phi) is 4.07. The average molecular weight is 245 g/mol. The van der Waals surface area contributed by atoms with Crippen molar-refractivity contribution in [3.8, 4) is 0 Å². The number of hydrogen-bond donors (Lipinski definition) is 2. The first-order valence-electron chi connectivity index (χ1n) is 6.15. The van der Waals surface area contributed by atoms with Gasteiger partial charge in [-0.1, -0.05) is 13.0 Å². The Bertz CT molecular complexity index is 506. The highest BCUT2D eigenvalue weighted by atomic mass is 15.3. The molecule has 0 aliphatic heterocycles. The summed E-state index contributed by atoms with van der Waals surface area (Å²) in [7, 11) is 0. The van der Waals surface area contributed by atoms with E-state index in [2.05, 4.69) is 33.0 Å². The van der Waals surface area contributed by atoms with Gasteiger partial charge in [-0.3, -0.25) is 10.8 Å². The SMILES string of the molecule is CCCn1ccnc1C(NN)c1cncc(C)c1. The standard InChI is InChI=1S/C13H19N5/c1-3-5-18-6-4-16-13(18)12(17-14)11-7-10(2)8-15-9-11/h4,6-9,12,17H,3,5,14H2,1-2H3.